The van der Waals surface area contributed by atoms with E-state index in [9.17, 15) is 4.79 Å². The Kier molecular flexibility index (Phi) is 4.41. The van der Waals surface area contributed by atoms with Crippen LogP contribution in [0.25, 0.3) is 0 Å². The first-order chi connectivity index (χ1) is 10.3. The van der Waals surface area contributed by atoms with Crippen molar-refractivity contribution in [2.75, 3.05) is 32.1 Å². The predicted octanol–water partition coefficient (Wildman–Crippen LogP) is 1.46. The van der Waals surface area contributed by atoms with Crippen LogP contribution in [-0.4, -0.2) is 49.6 Å². The van der Waals surface area contributed by atoms with Crippen molar-refractivity contribution in [2.45, 2.75) is 31.3 Å². The van der Waals surface area contributed by atoms with Gasteiger partial charge in [0.25, 0.3) is 0 Å². The Morgan fingerprint density at radius 3 is 3.05 bits per heavy atom. The van der Waals surface area contributed by atoms with Crippen LogP contribution in [0, 0.1) is 0 Å². The highest BCUT2D eigenvalue weighted by atomic mass is 16.5. The maximum Gasteiger partial charge on any atom is 0.238 e. The zero-order valence-corrected chi connectivity index (χ0v) is 12.5. The predicted molar refractivity (Wildman–Crippen MR) is 82.6 cm³/mol. The van der Waals surface area contributed by atoms with Gasteiger partial charge in [0.15, 0.2) is 0 Å². The lowest BCUT2D eigenvalue weighted by Crippen LogP contribution is -2.42. The monoisotopic (exact) mass is 289 g/mol. The van der Waals surface area contributed by atoms with Crippen molar-refractivity contribution in [2.24, 2.45) is 0 Å². The van der Waals surface area contributed by atoms with Crippen LogP contribution in [0.4, 0.5) is 5.69 Å². The lowest BCUT2D eigenvalue weighted by molar-refractivity contribution is -0.115. The summed E-state index contributed by atoms with van der Waals surface area (Å²) < 4.78 is 5.24. The molecule has 2 aliphatic heterocycles. The molecule has 2 heterocycles. The number of nitrogens with one attached hydrogen (secondary N) is 2. The van der Waals surface area contributed by atoms with Crippen molar-refractivity contribution in [1.29, 1.82) is 0 Å². The second kappa shape index (κ2) is 6.45. The molecule has 0 bridgehead atoms. The minimum Gasteiger partial charge on any atom is -0.495 e. The number of ether oxygens (including phenoxy) is 1. The largest absolute Gasteiger partial charge is 0.495 e. The van der Waals surface area contributed by atoms with Gasteiger partial charge in [-0.3, -0.25) is 9.69 Å². The normalized spacial score (nSPS) is 24.8. The minimum atomic E-state index is -0.0176. The van der Waals surface area contributed by atoms with E-state index in [0.717, 1.165) is 18.7 Å². The van der Waals surface area contributed by atoms with E-state index in [1.807, 2.05) is 24.3 Å². The average molecular weight is 289 g/mol. The van der Waals surface area contributed by atoms with Gasteiger partial charge in [0, 0.05) is 18.6 Å². The molecule has 2 aliphatic rings. The maximum absolute atomic E-state index is 12.1. The Hall–Kier alpha value is -1.59. The minimum absolute atomic E-state index is 0.0176. The number of para-hydroxylation sites is 2. The van der Waals surface area contributed by atoms with Crippen LogP contribution >= 0.6 is 0 Å². The van der Waals surface area contributed by atoms with Crippen LogP contribution in [0.1, 0.15) is 19.3 Å². The maximum atomic E-state index is 12.1. The first kappa shape index (κ1) is 14.4. The van der Waals surface area contributed by atoms with Crippen LogP contribution in [0.5, 0.6) is 5.75 Å². The number of carbonyl (C=O) groups is 1. The van der Waals surface area contributed by atoms with E-state index in [-0.39, 0.29) is 5.91 Å². The molecule has 1 aromatic rings. The van der Waals surface area contributed by atoms with E-state index in [4.69, 9.17) is 4.74 Å². The first-order valence-electron chi connectivity index (χ1n) is 7.68. The molecular formula is C16H23N3O2. The van der Waals surface area contributed by atoms with Crippen LogP contribution in [0.15, 0.2) is 24.3 Å². The number of anilines is 1. The van der Waals surface area contributed by atoms with Crippen molar-refractivity contribution in [3.8, 4) is 5.75 Å². The molecule has 1 amide bonds. The summed E-state index contributed by atoms with van der Waals surface area (Å²) in [5.74, 6) is 0.671. The van der Waals surface area contributed by atoms with Gasteiger partial charge in [-0.1, -0.05) is 12.1 Å². The standard InChI is InChI=1S/C16H23N3O2/c1-21-15-7-3-2-5-13(15)18-16(20)11-17-12-8-10-19-9-4-6-14(12)19/h2-3,5,7,12,14,17H,4,6,8-11H2,1H3,(H,18,20). The molecule has 2 atom stereocenters. The molecule has 2 saturated heterocycles. The second-order valence-corrected chi connectivity index (χ2v) is 5.77. The van der Waals surface area contributed by atoms with Gasteiger partial charge in [0.2, 0.25) is 5.91 Å². The molecule has 0 aromatic heterocycles. The summed E-state index contributed by atoms with van der Waals surface area (Å²) in [5, 5.41) is 6.32. The molecule has 0 saturated carbocycles. The van der Waals surface area contributed by atoms with Crippen LogP contribution < -0.4 is 15.4 Å². The number of hydrogen-bond acceptors (Lipinski definition) is 4. The van der Waals surface area contributed by atoms with E-state index in [2.05, 4.69) is 15.5 Å². The highest BCUT2D eigenvalue weighted by molar-refractivity contribution is 5.93. The number of methoxy groups -OCH3 is 1. The molecule has 3 rings (SSSR count). The lowest BCUT2D eigenvalue weighted by Gasteiger charge is -2.21. The van der Waals surface area contributed by atoms with E-state index >= 15 is 0 Å². The number of hydrogen-bond donors (Lipinski definition) is 2. The van der Waals surface area contributed by atoms with Gasteiger partial charge >= 0.3 is 0 Å². The van der Waals surface area contributed by atoms with Gasteiger partial charge < -0.3 is 15.4 Å². The molecule has 0 aliphatic carbocycles. The molecule has 5 nitrogen and oxygen atoms in total. The van der Waals surface area contributed by atoms with Gasteiger partial charge in [-0.15, -0.1) is 0 Å². The number of benzene rings is 1. The van der Waals surface area contributed by atoms with Crippen molar-refractivity contribution in [1.82, 2.24) is 10.2 Å². The number of nitrogens with zero attached hydrogens (tertiary/aromatic N) is 1. The average Bonchev–Trinajstić information content (AvgIpc) is 3.09. The summed E-state index contributed by atoms with van der Waals surface area (Å²) in [6.45, 7) is 2.74. The van der Waals surface area contributed by atoms with Crippen LogP contribution in [-0.2, 0) is 4.79 Å². The molecule has 1 aromatic carbocycles. The first-order valence-corrected chi connectivity index (χ1v) is 7.68. The summed E-state index contributed by atoms with van der Waals surface area (Å²) in [6, 6.07) is 8.56. The van der Waals surface area contributed by atoms with Crippen molar-refractivity contribution >= 4 is 11.6 Å². The fraction of sp³-hybridized carbons (Fsp3) is 0.562. The zero-order valence-electron chi connectivity index (χ0n) is 12.5. The summed E-state index contributed by atoms with van der Waals surface area (Å²) in [4.78, 5) is 14.6. The van der Waals surface area contributed by atoms with Gasteiger partial charge in [-0.2, -0.15) is 0 Å². The van der Waals surface area contributed by atoms with Crippen molar-refractivity contribution in [3.63, 3.8) is 0 Å². The van der Waals surface area contributed by atoms with Gasteiger partial charge in [-0.05, 0) is 37.9 Å². The molecule has 114 valence electrons. The summed E-state index contributed by atoms with van der Waals surface area (Å²) >= 11 is 0. The SMILES string of the molecule is COc1ccccc1NC(=O)CNC1CCN2CCCC12. The smallest absolute Gasteiger partial charge is 0.238 e. The van der Waals surface area contributed by atoms with Gasteiger partial charge in [0.1, 0.15) is 5.75 Å². The summed E-state index contributed by atoms with van der Waals surface area (Å²) in [7, 11) is 1.61. The third kappa shape index (κ3) is 3.19. The zero-order chi connectivity index (χ0) is 14.7. The van der Waals surface area contributed by atoms with Gasteiger partial charge in [0.05, 0.1) is 19.3 Å². The topological polar surface area (TPSA) is 53.6 Å². The fourth-order valence-corrected chi connectivity index (χ4v) is 3.49. The summed E-state index contributed by atoms with van der Waals surface area (Å²) in [6.07, 6.45) is 3.69. The van der Waals surface area contributed by atoms with Gasteiger partial charge in [-0.25, -0.2) is 0 Å². The number of amides is 1. The third-order valence-corrected chi connectivity index (χ3v) is 4.51. The fourth-order valence-electron chi connectivity index (χ4n) is 3.49. The molecule has 2 fully saturated rings. The number of carbonyl (C=O) groups excluding carboxylic acids is 1. The molecule has 21 heavy (non-hydrogen) atoms. The van der Waals surface area contributed by atoms with Crippen molar-refractivity contribution < 1.29 is 9.53 Å². The Balaban J connectivity index is 1.50. The van der Waals surface area contributed by atoms with E-state index in [1.165, 1.54) is 19.4 Å². The van der Waals surface area contributed by atoms with Crippen LogP contribution in [0.3, 0.4) is 0 Å². The molecular weight excluding hydrogens is 266 g/mol. The number of fused-ring (bicyclic) bond motifs is 1. The number of rotatable bonds is 5. The Morgan fingerprint density at radius 1 is 1.33 bits per heavy atom. The highest BCUT2D eigenvalue weighted by Gasteiger charge is 2.36. The Labute approximate surface area is 125 Å². The molecule has 2 unspecified atom stereocenters. The van der Waals surface area contributed by atoms with Crippen LogP contribution in [0.2, 0.25) is 0 Å². The third-order valence-electron chi connectivity index (χ3n) is 4.51. The van der Waals surface area contributed by atoms with E-state index in [1.54, 1.807) is 7.11 Å². The molecule has 0 spiro atoms. The summed E-state index contributed by atoms with van der Waals surface area (Å²) in [5.41, 5.74) is 0.723. The van der Waals surface area contributed by atoms with E-state index < -0.39 is 0 Å². The van der Waals surface area contributed by atoms with E-state index in [0.29, 0.717) is 24.4 Å². The quantitative estimate of drug-likeness (QED) is 0.862. The Morgan fingerprint density at radius 2 is 2.19 bits per heavy atom. The molecule has 0 radical (unpaired) electrons. The van der Waals surface area contributed by atoms with Crippen molar-refractivity contribution in [3.05, 3.63) is 24.3 Å². The molecule has 5 heteroatoms. The Bertz CT molecular complexity index is 506. The highest BCUT2D eigenvalue weighted by Crippen LogP contribution is 2.28. The second-order valence-electron chi connectivity index (χ2n) is 5.77. The molecule has 2 N–H and O–H groups in total. The lowest BCUT2D eigenvalue weighted by atomic mass is 10.1.